The average Bonchev–Trinajstić information content (AvgIpc) is 2.28. The molecule has 1 rings (SSSR count). The van der Waals surface area contributed by atoms with Crippen LogP contribution in [-0.4, -0.2) is 11.7 Å². The van der Waals surface area contributed by atoms with E-state index in [2.05, 4.69) is 24.3 Å². The van der Waals surface area contributed by atoms with E-state index in [1.165, 1.54) is 11.1 Å². The number of nitrogens with two attached hydrogens (primary N) is 2. The molecule has 0 amide bonds. The third-order valence-corrected chi connectivity index (χ3v) is 2.81. The third-order valence-electron chi connectivity index (χ3n) is 2.81. The Morgan fingerprint density at radius 1 is 0.889 bits per heavy atom. The Kier molecular flexibility index (Phi) is 5.91. The van der Waals surface area contributed by atoms with Crippen molar-refractivity contribution in [2.24, 2.45) is 11.5 Å². The van der Waals surface area contributed by atoms with Gasteiger partial charge in [0.05, 0.1) is 11.7 Å². The van der Waals surface area contributed by atoms with Crippen molar-refractivity contribution in [2.45, 2.75) is 38.5 Å². The molecule has 0 atom stereocenters. The van der Waals surface area contributed by atoms with Gasteiger partial charge < -0.3 is 11.5 Å². The highest BCUT2D eigenvalue weighted by atomic mass is 14.7. The Labute approximate surface area is 108 Å². The van der Waals surface area contributed by atoms with E-state index in [9.17, 15) is 0 Å². The number of amidine groups is 2. The molecular formula is C14H22N4. The van der Waals surface area contributed by atoms with Crippen molar-refractivity contribution in [3.63, 3.8) is 0 Å². The Morgan fingerprint density at radius 3 is 1.72 bits per heavy atom. The SMILES string of the molecule is N=C(N)CCCc1cccc(CCCC(=N)N)c1. The maximum Gasteiger partial charge on any atom is 0.0905 e. The fourth-order valence-electron chi connectivity index (χ4n) is 1.91. The van der Waals surface area contributed by atoms with Gasteiger partial charge in [-0.05, 0) is 36.8 Å². The first kappa shape index (κ1) is 14.2. The predicted molar refractivity (Wildman–Crippen MR) is 76.1 cm³/mol. The standard InChI is InChI=1S/C14H22N4/c15-13(16)8-2-6-11-4-1-5-12(10-11)7-3-9-14(17)18/h1,4-5,10H,2-3,6-9H2,(H3,15,16)(H3,17,18). The van der Waals surface area contributed by atoms with Gasteiger partial charge in [0.2, 0.25) is 0 Å². The van der Waals surface area contributed by atoms with Gasteiger partial charge in [0.1, 0.15) is 0 Å². The molecular weight excluding hydrogens is 224 g/mol. The molecule has 1 aromatic carbocycles. The number of rotatable bonds is 8. The molecule has 0 aromatic heterocycles. The van der Waals surface area contributed by atoms with Gasteiger partial charge in [-0.2, -0.15) is 0 Å². The van der Waals surface area contributed by atoms with Crippen molar-refractivity contribution in [1.82, 2.24) is 0 Å². The summed E-state index contributed by atoms with van der Waals surface area (Å²) >= 11 is 0. The first-order valence-corrected chi connectivity index (χ1v) is 6.31. The fourth-order valence-corrected chi connectivity index (χ4v) is 1.91. The summed E-state index contributed by atoms with van der Waals surface area (Å²) in [6.45, 7) is 0. The average molecular weight is 246 g/mol. The highest BCUT2D eigenvalue weighted by Gasteiger charge is 1.99. The molecule has 1 aromatic rings. The highest BCUT2D eigenvalue weighted by Crippen LogP contribution is 2.11. The van der Waals surface area contributed by atoms with Crippen LogP contribution in [0.15, 0.2) is 24.3 Å². The van der Waals surface area contributed by atoms with Crippen LogP contribution in [0, 0.1) is 10.8 Å². The zero-order valence-corrected chi connectivity index (χ0v) is 10.7. The Balaban J connectivity index is 2.41. The lowest BCUT2D eigenvalue weighted by Crippen LogP contribution is -2.09. The van der Waals surface area contributed by atoms with E-state index in [-0.39, 0.29) is 11.7 Å². The summed E-state index contributed by atoms with van der Waals surface area (Å²) in [4.78, 5) is 0. The van der Waals surface area contributed by atoms with Gasteiger partial charge in [0, 0.05) is 12.8 Å². The van der Waals surface area contributed by atoms with Crippen LogP contribution in [-0.2, 0) is 12.8 Å². The number of aryl methyl sites for hydroxylation is 2. The monoisotopic (exact) mass is 246 g/mol. The molecule has 18 heavy (non-hydrogen) atoms. The molecule has 0 spiro atoms. The van der Waals surface area contributed by atoms with E-state index in [1.54, 1.807) is 0 Å². The Morgan fingerprint density at radius 2 is 1.33 bits per heavy atom. The summed E-state index contributed by atoms with van der Waals surface area (Å²) in [5.74, 6) is 0.514. The first-order valence-electron chi connectivity index (χ1n) is 6.31. The number of benzene rings is 1. The predicted octanol–water partition coefficient (Wildman–Crippen LogP) is 2.20. The van der Waals surface area contributed by atoms with Crippen molar-refractivity contribution in [1.29, 1.82) is 10.8 Å². The number of hydrogen-bond donors (Lipinski definition) is 4. The molecule has 0 saturated carbocycles. The molecule has 0 bridgehead atoms. The lowest BCUT2D eigenvalue weighted by Gasteiger charge is -2.05. The number of hydrogen-bond acceptors (Lipinski definition) is 2. The summed E-state index contributed by atoms with van der Waals surface area (Å²) in [5.41, 5.74) is 13.2. The summed E-state index contributed by atoms with van der Waals surface area (Å²) in [7, 11) is 0. The Hall–Kier alpha value is -1.84. The molecule has 4 nitrogen and oxygen atoms in total. The van der Waals surface area contributed by atoms with Crippen molar-refractivity contribution in [2.75, 3.05) is 0 Å². The minimum absolute atomic E-state index is 0.257. The van der Waals surface area contributed by atoms with Gasteiger partial charge in [-0.25, -0.2) is 0 Å². The molecule has 4 heteroatoms. The van der Waals surface area contributed by atoms with Crippen LogP contribution in [0.3, 0.4) is 0 Å². The summed E-state index contributed by atoms with van der Waals surface area (Å²) < 4.78 is 0. The third kappa shape index (κ3) is 6.03. The van der Waals surface area contributed by atoms with Crippen LogP contribution in [0.5, 0.6) is 0 Å². The largest absolute Gasteiger partial charge is 0.388 e. The summed E-state index contributed by atoms with van der Waals surface area (Å²) in [6, 6.07) is 8.47. The van der Waals surface area contributed by atoms with Crippen LogP contribution in [0.4, 0.5) is 0 Å². The lowest BCUT2D eigenvalue weighted by atomic mass is 10.0. The minimum atomic E-state index is 0.257. The lowest BCUT2D eigenvalue weighted by molar-refractivity contribution is 0.838. The molecule has 0 aliphatic rings. The van der Waals surface area contributed by atoms with E-state index in [1.807, 2.05) is 0 Å². The van der Waals surface area contributed by atoms with Gasteiger partial charge in [-0.15, -0.1) is 0 Å². The maximum absolute atomic E-state index is 7.18. The molecule has 0 aliphatic carbocycles. The maximum atomic E-state index is 7.18. The van der Waals surface area contributed by atoms with Crippen LogP contribution in [0.1, 0.15) is 36.8 Å². The normalized spacial score (nSPS) is 10.2. The van der Waals surface area contributed by atoms with Gasteiger partial charge >= 0.3 is 0 Å². The van der Waals surface area contributed by atoms with Gasteiger partial charge in [0.25, 0.3) is 0 Å². The summed E-state index contributed by atoms with van der Waals surface area (Å²) in [6.07, 6.45) is 5.09. The second kappa shape index (κ2) is 7.48. The molecule has 0 fully saturated rings. The zero-order chi connectivity index (χ0) is 13.4. The second-order valence-corrected chi connectivity index (χ2v) is 4.58. The second-order valence-electron chi connectivity index (χ2n) is 4.58. The molecule has 98 valence electrons. The molecule has 6 N–H and O–H groups in total. The molecule has 0 heterocycles. The van der Waals surface area contributed by atoms with Crippen LogP contribution in [0.2, 0.25) is 0 Å². The van der Waals surface area contributed by atoms with Gasteiger partial charge in [-0.1, -0.05) is 24.3 Å². The van der Waals surface area contributed by atoms with Crippen LogP contribution in [0.25, 0.3) is 0 Å². The van der Waals surface area contributed by atoms with E-state index >= 15 is 0 Å². The van der Waals surface area contributed by atoms with Crippen molar-refractivity contribution >= 4 is 11.7 Å². The van der Waals surface area contributed by atoms with Crippen LogP contribution >= 0.6 is 0 Å². The van der Waals surface area contributed by atoms with E-state index in [4.69, 9.17) is 22.3 Å². The van der Waals surface area contributed by atoms with E-state index < -0.39 is 0 Å². The molecule has 0 aliphatic heterocycles. The zero-order valence-electron chi connectivity index (χ0n) is 10.7. The van der Waals surface area contributed by atoms with Crippen molar-refractivity contribution < 1.29 is 0 Å². The molecule has 0 saturated heterocycles. The molecule has 0 unspecified atom stereocenters. The highest BCUT2D eigenvalue weighted by molar-refractivity contribution is 5.77. The van der Waals surface area contributed by atoms with E-state index in [0.29, 0.717) is 12.8 Å². The van der Waals surface area contributed by atoms with Crippen LogP contribution < -0.4 is 11.5 Å². The quantitative estimate of drug-likeness (QED) is 0.417. The smallest absolute Gasteiger partial charge is 0.0905 e. The van der Waals surface area contributed by atoms with Gasteiger partial charge in [-0.3, -0.25) is 10.8 Å². The summed E-state index contributed by atoms with van der Waals surface area (Å²) in [5, 5.41) is 14.4. The fraction of sp³-hybridized carbons (Fsp3) is 0.429. The topological polar surface area (TPSA) is 99.7 Å². The van der Waals surface area contributed by atoms with Crippen molar-refractivity contribution in [3.8, 4) is 0 Å². The molecule has 0 radical (unpaired) electrons. The Bertz CT molecular complexity index is 377. The van der Waals surface area contributed by atoms with Gasteiger partial charge in [0.15, 0.2) is 0 Å². The first-order chi connectivity index (χ1) is 8.58. The number of nitrogens with one attached hydrogen (secondary N) is 2. The minimum Gasteiger partial charge on any atom is -0.388 e. The van der Waals surface area contributed by atoms with E-state index in [0.717, 1.165) is 25.7 Å². The van der Waals surface area contributed by atoms with Crippen molar-refractivity contribution in [3.05, 3.63) is 35.4 Å².